The number of nitrogens with one attached hydrogen (secondary N) is 6. The number of carbonyl (C=O) groups is 8. The van der Waals surface area contributed by atoms with Crippen LogP contribution >= 0.6 is 0 Å². The Morgan fingerprint density at radius 1 is 0.785 bits per heavy atom. The zero-order valence-electron chi connectivity index (χ0n) is 45.0. The van der Waals surface area contributed by atoms with Gasteiger partial charge >= 0.3 is 12.1 Å². The summed E-state index contributed by atoms with van der Waals surface area (Å²) in [6.45, 7) is 2.66. The summed E-state index contributed by atoms with van der Waals surface area (Å²) in [5, 5.41) is 35.2. The number of carbonyl (C=O) groups excluding carboxylic acids is 7. The van der Waals surface area contributed by atoms with Crippen LogP contribution in [0.15, 0.2) is 48.7 Å². The molecule has 7 amide bonds. The van der Waals surface area contributed by atoms with Crippen molar-refractivity contribution >= 4 is 63.9 Å². The number of alkyl halides is 3. The number of hydrogen-bond donors (Lipinski definition) is 7. The van der Waals surface area contributed by atoms with Crippen LogP contribution in [0.3, 0.4) is 0 Å². The van der Waals surface area contributed by atoms with Gasteiger partial charge in [0.25, 0.3) is 17.7 Å². The van der Waals surface area contributed by atoms with Crippen molar-refractivity contribution in [3.8, 4) is 11.8 Å². The van der Waals surface area contributed by atoms with Gasteiger partial charge in [-0.2, -0.15) is 18.4 Å². The number of unbranched alkanes of at least 4 members (excludes halogenated alkanes) is 2. The molecule has 23 nitrogen and oxygen atoms in total. The van der Waals surface area contributed by atoms with Crippen LogP contribution in [0, 0.1) is 11.3 Å². The summed E-state index contributed by atoms with van der Waals surface area (Å²) < 4.78 is 63.6. The third-order valence-corrected chi connectivity index (χ3v) is 12.3. The summed E-state index contributed by atoms with van der Waals surface area (Å²) in [6, 6.07) is 8.87. The van der Waals surface area contributed by atoms with Crippen molar-refractivity contribution in [2.45, 2.75) is 89.0 Å². The van der Waals surface area contributed by atoms with Crippen molar-refractivity contribution in [2.24, 2.45) is 0 Å². The van der Waals surface area contributed by atoms with E-state index >= 15 is 0 Å². The number of halogens is 3. The number of fused-ring (bicyclic) bond motifs is 1. The molecule has 0 saturated carbocycles. The molecule has 1 saturated heterocycles. The van der Waals surface area contributed by atoms with Gasteiger partial charge in [-0.05, 0) is 81.7 Å². The molecule has 26 heteroatoms. The smallest absolute Gasteiger partial charge is 0.422 e. The van der Waals surface area contributed by atoms with Gasteiger partial charge in [0.05, 0.1) is 84.5 Å². The van der Waals surface area contributed by atoms with E-state index < -0.39 is 65.4 Å². The van der Waals surface area contributed by atoms with E-state index in [1.165, 1.54) is 36.2 Å². The molecule has 1 aliphatic heterocycles. The van der Waals surface area contributed by atoms with Gasteiger partial charge in [-0.15, -0.1) is 0 Å². The first-order valence-corrected chi connectivity index (χ1v) is 26.0. The summed E-state index contributed by atoms with van der Waals surface area (Å²) in [7, 11) is 4.74. The van der Waals surface area contributed by atoms with Crippen LogP contribution in [0.4, 0.5) is 18.9 Å². The maximum absolute atomic E-state index is 13.9. The topological polar surface area (TPSA) is 306 Å². The Balaban J connectivity index is 1.11. The highest BCUT2D eigenvalue weighted by Crippen LogP contribution is 2.38. The maximum atomic E-state index is 13.9. The number of nitrogens with zero attached hydrogens (tertiary/aromatic N) is 4. The van der Waals surface area contributed by atoms with E-state index in [1.807, 2.05) is 0 Å². The molecule has 0 spiro atoms. The molecule has 432 valence electrons. The minimum absolute atomic E-state index is 0.0155. The van der Waals surface area contributed by atoms with E-state index in [-0.39, 0.29) is 126 Å². The van der Waals surface area contributed by atoms with Crippen LogP contribution < -0.4 is 41.1 Å². The summed E-state index contributed by atoms with van der Waals surface area (Å²) in [6.07, 6.45) is -0.636. The average molecular weight is 1110 g/mol. The predicted octanol–water partition coefficient (Wildman–Crippen LogP) is 2.59. The lowest BCUT2D eigenvalue weighted by molar-refractivity contribution is -0.142. The number of hydrogen-bond acceptors (Lipinski definition) is 14. The number of aromatic nitrogens is 1. The average Bonchev–Trinajstić information content (AvgIpc) is 3.93. The molecule has 7 N–H and O–H groups in total. The Morgan fingerprint density at radius 3 is 2.11 bits per heavy atom. The summed E-state index contributed by atoms with van der Waals surface area (Å²) in [4.78, 5) is 106. The number of nitriles is 1. The Morgan fingerprint density at radius 2 is 1.46 bits per heavy atom. The number of amides is 7. The van der Waals surface area contributed by atoms with E-state index in [9.17, 15) is 61.9 Å². The minimum atomic E-state index is -4.69. The number of benzene rings is 2. The molecule has 2 aromatic carbocycles. The zero-order valence-corrected chi connectivity index (χ0v) is 45.0. The first-order valence-electron chi connectivity index (χ1n) is 26.0. The standard InChI is InChI=1S/C53H71F3N10O13/c1-35(67)58-19-7-6-12-43(52(74)75)64-51(73)42(11-5-8-20-61-49(71)36-13-16-45(66(2,3)4)41(30-36)53(54,55)56)63-46(68)18-24-76-26-28-78-29-27-77-25-22-60-47(69)34-79-38-14-15-39-40(17-21-59-44(39)31-38)50(72)62-33-48(70)65-23-9-10-37(65)32-57/h13-17,21,30-31,37,42-43H,5-12,18-20,22-29,33-34H2,1-4H3,(H6-,58,60,61,62,63,64,67,68,69,71,72,73,74,75)/p+1/t37-,42-,43-/m0/s1. The molecule has 3 atom stereocenters. The second-order valence-electron chi connectivity index (χ2n) is 19.3. The summed E-state index contributed by atoms with van der Waals surface area (Å²) in [5.41, 5.74) is -0.399. The summed E-state index contributed by atoms with van der Waals surface area (Å²) >= 11 is 0. The molecule has 0 aliphatic carbocycles. The second-order valence-corrected chi connectivity index (χ2v) is 19.3. The number of pyridine rings is 1. The van der Waals surface area contributed by atoms with E-state index in [1.54, 1.807) is 39.3 Å². The van der Waals surface area contributed by atoms with Crippen molar-refractivity contribution in [1.82, 2.24) is 46.3 Å². The highest BCUT2D eigenvalue weighted by atomic mass is 19.4. The van der Waals surface area contributed by atoms with Gasteiger partial charge in [0.2, 0.25) is 23.6 Å². The van der Waals surface area contributed by atoms with Crippen LogP contribution in [-0.2, 0) is 49.2 Å². The quantitative estimate of drug-likeness (QED) is 0.0334. The third-order valence-electron chi connectivity index (χ3n) is 12.3. The lowest BCUT2D eigenvalue weighted by Gasteiger charge is -2.27. The number of carboxylic acid groups (broad SMARTS) is 1. The van der Waals surface area contributed by atoms with Crippen LogP contribution in [0.1, 0.15) is 91.0 Å². The highest BCUT2D eigenvalue weighted by molar-refractivity contribution is 6.07. The molecule has 3 aromatic rings. The molecular weight excluding hydrogens is 1040 g/mol. The minimum Gasteiger partial charge on any atom is -0.484 e. The Labute approximate surface area is 456 Å². The van der Waals surface area contributed by atoms with Crippen LogP contribution in [0.2, 0.25) is 0 Å². The van der Waals surface area contributed by atoms with Gasteiger partial charge in [-0.1, -0.05) is 0 Å². The number of carboxylic acids is 1. The molecule has 0 unspecified atom stereocenters. The zero-order chi connectivity index (χ0) is 58.0. The fourth-order valence-electron chi connectivity index (χ4n) is 8.21. The maximum Gasteiger partial charge on any atom is 0.422 e. The first-order chi connectivity index (χ1) is 37.6. The van der Waals surface area contributed by atoms with Crippen molar-refractivity contribution in [2.75, 3.05) is 100 Å². The Bertz CT molecular complexity index is 2610. The highest BCUT2D eigenvalue weighted by Gasteiger charge is 2.39. The largest absolute Gasteiger partial charge is 0.484 e. The molecule has 1 aliphatic rings. The lowest BCUT2D eigenvalue weighted by Crippen LogP contribution is -2.51. The third kappa shape index (κ3) is 22.4. The van der Waals surface area contributed by atoms with Gasteiger partial charge in [0.1, 0.15) is 35.1 Å². The molecule has 1 fully saturated rings. The number of rotatable bonds is 34. The van der Waals surface area contributed by atoms with Gasteiger partial charge < -0.3 is 60.9 Å². The molecular formula is C53H72F3N10O13+. The number of aliphatic carboxylic acids is 1. The lowest BCUT2D eigenvalue weighted by atomic mass is 10.0. The molecule has 0 radical (unpaired) electrons. The number of quaternary nitrogens is 1. The van der Waals surface area contributed by atoms with E-state index in [4.69, 9.17) is 18.9 Å². The van der Waals surface area contributed by atoms with Gasteiger partial charge in [-0.3, -0.25) is 43.0 Å². The van der Waals surface area contributed by atoms with Crippen molar-refractivity contribution < 1.29 is 75.6 Å². The number of likely N-dealkylation sites (tertiary alicyclic amines) is 1. The molecule has 2 heterocycles. The second kappa shape index (κ2) is 32.4. The Kier molecular flexibility index (Phi) is 26.3. The Hall–Kier alpha value is -7.47. The molecule has 1 aromatic heterocycles. The SMILES string of the molecule is CC(=O)NCCCC[C@H](NC(=O)[C@H](CCCCNC(=O)c1ccc([N+](C)(C)C)c(C(F)(F)F)c1)NC(=O)CCOCCOCCOCCNC(=O)COc1ccc2c(C(=O)NCC(=O)N3CCC[C@H]3C#N)ccnc2c1)C(=O)O. The van der Waals surface area contributed by atoms with Crippen molar-refractivity contribution in [1.29, 1.82) is 5.26 Å². The fraction of sp³-hybridized carbons (Fsp3) is 0.547. The van der Waals surface area contributed by atoms with Crippen molar-refractivity contribution in [3.05, 3.63) is 65.4 Å². The van der Waals surface area contributed by atoms with Crippen LogP contribution in [0.25, 0.3) is 10.9 Å². The fourth-order valence-corrected chi connectivity index (χ4v) is 8.21. The molecule has 0 bridgehead atoms. The predicted molar refractivity (Wildman–Crippen MR) is 281 cm³/mol. The molecule has 79 heavy (non-hydrogen) atoms. The van der Waals surface area contributed by atoms with E-state index in [2.05, 4.69) is 43.0 Å². The first kappa shape index (κ1) is 64.1. The van der Waals surface area contributed by atoms with Gasteiger partial charge in [0.15, 0.2) is 6.61 Å². The summed E-state index contributed by atoms with van der Waals surface area (Å²) in [5.74, 6) is -4.45. The normalized spacial score (nSPS) is 14.1. The number of ether oxygens (including phenoxy) is 4. The van der Waals surface area contributed by atoms with Crippen molar-refractivity contribution in [3.63, 3.8) is 0 Å². The van der Waals surface area contributed by atoms with Crippen LogP contribution in [-0.4, -0.2) is 181 Å². The van der Waals surface area contributed by atoms with E-state index in [0.29, 0.717) is 54.6 Å². The van der Waals surface area contributed by atoms with Gasteiger partial charge in [0, 0.05) is 68.8 Å². The van der Waals surface area contributed by atoms with Crippen LogP contribution in [0.5, 0.6) is 5.75 Å². The van der Waals surface area contributed by atoms with E-state index in [0.717, 1.165) is 12.5 Å². The van der Waals surface area contributed by atoms with Gasteiger partial charge in [-0.25, -0.2) is 4.79 Å². The molecule has 4 rings (SSSR count). The monoisotopic (exact) mass is 1110 g/mol.